The highest BCUT2D eigenvalue weighted by atomic mass is 19.1. The van der Waals surface area contributed by atoms with Crippen molar-refractivity contribution in [2.45, 2.75) is 26.0 Å². The third kappa shape index (κ3) is 4.66. The maximum Gasteiger partial charge on any atom is 0.127 e. The zero-order valence-electron chi connectivity index (χ0n) is 12.4. The minimum atomic E-state index is -0.551. The highest BCUT2D eigenvalue weighted by Gasteiger charge is 2.14. The van der Waals surface area contributed by atoms with E-state index in [2.05, 4.69) is 11.8 Å². The van der Waals surface area contributed by atoms with Crippen molar-refractivity contribution >= 4 is 0 Å². The van der Waals surface area contributed by atoms with Gasteiger partial charge in [-0.25, -0.2) is 4.39 Å². The van der Waals surface area contributed by atoms with Crippen LogP contribution in [-0.4, -0.2) is 23.1 Å². The smallest absolute Gasteiger partial charge is 0.127 e. The van der Waals surface area contributed by atoms with Crippen LogP contribution < -0.4 is 0 Å². The van der Waals surface area contributed by atoms with Gasteiger partial charge in [0.05, 0.1) is 6.10 Å². The van der Waals surface area contributed by atoms with Crippen molar-refractivity contribution < 1.29 is 9.50 Å². The van der Waals surface area contributed by atoms with Crippen molar-refractivity contribution in [1.29, 1.82) is 0 Å². The number of aliphatic hydroxyl groups excluding tert-OH is 1. The van der Waals surface area contributed by atoms with Crippen molar-refractivity contribution in [3.63, 3.8) is 0 Å². The van der Waals surface area contributed by atoms with Crippen molar-refractivity contribution in [1.82, 2.24) is 4.90 Å². The van der Waals surface area contributed by atoms with E-state index in [1.807, 2.05) is 36.4 Å². The van der Waals surface area contributed by atoms with E-state index >= 15 is 0 Å². The summed E-state index contributed by atoms with van der Waals surface area (Å²) in [6, 6.07) is 16.4. The van der Waals surface area contributed by atoms with Crippen LogP contribution in [0.25, 0.3) is 0 Å². The number of aliphatic hydroxyl groups is 1. The molecule has 0 spiro atoms. The lowest BCUT2D eigenvalue weighted by Gasteiger charge is -2.25. The predicted octanol–water partition coefficient (Wildman–Crippen LogP) is 3.77. The fourth-order valence-corrected chi connectivity index (χ4v) is 2.44. The molecule has 2 aromatic carbocycles. The van der Waals surface area contributed by atoms with Crippen LogP contribution in [-0.2, 0) is 6.54 Å². The number of nitrogens with zero attached hydrogens (tertiary/aromatic N) is 1. The molecule has 1 unspecified atom stereocenters. The molecule has 0 bridgehead atoms. The largest absolute Gasteiger partial charge is 0.387 e. The fraction of sp³-hybridized carbons (Fsp3) is 0.333. The molecule has 0 radical (unpaired) electrons. The number of hydrogen-bond donors (Lipinski definition) is 1. The van der Waals surface area contributed by atoms with Gasteiger partial charge in [-0.2, -0.15) is 0 Å². The second kappa shape index (κ2) is 7.91. The Morgan fingerprint density at radius 1 is 1.05 bits per heavy atom. The third-order valence-corrected chi connectivity index (χ3v) is 3.51. The molecular weight excluding hydrogens is 265 g/mol. The highest BCUT2D eigenvalue weighted by molar-refractivity contribution is 5.19. The summed E-state index contributed by atoms with van der Waals surface area (Å²) in [5.41, 5.74) is 1.57. The first-order chi connectivity index (χ1) is 10.2. The number of benzene rings is 2. The van der Waals surface area contributed by atoms with Crippen molar-refractivity contribution in [2.24, 2.45) is 0 Å². The van der Waals surface area contributed by atoms with Gasteiger partial charge < -0.3 is 5.11 Å². The molecule has 2 rings (SSSR count). The van der Waals surface area contributed by atoms with Gasteiger partial charge in [0.2, 0.25) is 0 Å². The van der Waals surface area contributed by atoms with Gasteiger partial charge in [0, 0.05) is 18.7 Å². The molecule has 2 nitrogen and oxygen atoms in total. The third-order valence-electron chi connectivity index (χ3n) is 3.51. The molecule has 1 N–H and O–H groups in total. The molecule has 0 amide bonds. The minimum absolute atomic E-state index is 0.187. The summed E-state index contributed by atoms with van der Waals surface area (Å²) >= 11 is 0. The number of halogens is 1. The SMILES string of the molecule is CCCN(Cc1ccccc1F)CC(O)c1ccccc1. The Morgan fingerprint density at radius 3 is 2.38 bits per heavy atom. The number of rotatable bonds is 7. The van der Waals surface area contributed by atoms with Crippen molar-refractivity contribution in [2.75, 3.05) is 13.1 Å². The van der Waals surface area contributed by atoms with Gasteiger partial charge in [0.15, 0.2) is 0 Å². The van der Waals surface area contributed by atoms with Crippen LogP contribution in [0.3, 0.4) is 0 Å². The van der Waals surface area contributed by atoms with Crippen LogP contribution in [0.2, 0.25) is 0 Å². The summed E-state index contributed by atoms with van der Waals surface area (Å²) in [5.74, 6) is -0.187. The topological polar surface area (TPSA) is 23.5 Å². The van der Waals surface area contributed by atoms with E-state index in [1.165, 1.54) is 6.07 Å². The Hall–Kier alpha value is -1.71. The minimum Gasteiger partial charge on any atom is -0.387 e. The van der Waals surface area contributed by atoms with Crippen LogP contribution in [0, 0.1) is 5.82 Å². The zero-order chi connectivity index (χ0) is 15.1. The molecule has 112 valence electrons. The monoisotopic (exact) mass is 287 g/mol. The van der Waals surface area contributed by atoms with E-state index in [-0.39, 0.29) is 5.82 Å². The molecule has 0 aliphatic heterocycles. The first kappa shape index (κ1) is 15.7. The van der Waals surface area contributed by atoms with E-state index in [0.717, 1.165) is 18.5 Å². The predicted molar refractivity (Wildman–Crippen MR) is 83.4 cm³/mol. The Balaban J connectivity index is 2.04. The summed E-state index contributed by atoms with van der Waals surface area (Å²) in [4.78, 5) is 2.09. The molecule has 0 aliphatic rings. The maximum absolute atomic E-state index is 13.8. The van der Waals surface area contributed by atoms with E-state index < -0.39 is 6.10 Å². The van der Waals surface area contributed by atoms with Crippen LogP contribution >= 0.6 is 0 Å². The maximum atomic E-state index is 13.8. The molecule has 0 fully saturated rings. The van der Waals surface area contributed by atoms with E-state index in [1.54, 1.807) is 12.1 Å². The summed E-state index contributed by atoms with van der Waals surface area (Å²) in [6.07, 6.45) is 0.417. The summed E-state index contributed by atoms with van der Waals surface area (Å²) in [5, 5.41) is 10.3. The Bertz CT molecular complexity index is 544. The van der Waals surface area contributed by atoms with Crippen LogP contribution in [0.15, 0.2) is 54.6 Å². The lowest BCUT2D eigenvalue weighted by atomic mass is 10.1. The van der Waals surface area contributed by atoms with Crippen LogP contribution in [0.5, 0.6) is 0 Å². The molecule has 0 saturated carbocycles. The Labute approximate surface area is 125 Å². The standard InChI is InChI=1S/C18H22FNO/c1-2-12-20(13-16-10-6-7-11-17(16)19)14-18(21)15-8-4-3-5-9-15/h3-11,18,21H,2,12-14H2,1H3. The van der Waals surface area contributed by atoms with Gasteiger partial charge in [0.1, 0.15) is 5.82 Å². The molecule has 0 heterocycles. The Kier molecular flexibility index (Phi) is 5.90. The molecular formula is C18H22FNO. The van der Waals surface area contributed by atoms with Gasteiger partial charge >= 0.3 is 0 Å². The summed E-state index contributed by atoms with van der Waals surface area (Å²) in [6.45, 7) is 3.94. The Morgan fingerprint density at radius 2 is 1.71 bits per heavy atom. The first-order valence-electron chi connectivity index (χ1n) is 7.39. The zero-order valence-corrected chi connectivity index (χ0v) is 12.4. The molecule has 0 aliphatic carbocycles. The van der Waals surface area contributed by atoms with Crippen LogP contribution in [0.1, 0.15) is 30.6 Å². The van der Waals surface area contributed by atoms with Crippen LogP contribution in [0.4, 0.5) is 4.39 Å². The normalized spacial score (nSPS) is 12.6. The van der Waals surface area contributed by atoms with Crippen molar-refractivity contribution in [3.05, 3.63) is 71.5 Å². The quantitative estimate of drug-likeness (QED) is 0.838. The molecule has 0 aromatic heterocycles. The average Bonchev–Trinajstić information content (AvgIpc) is 2.50. The average molecular weight is 287 g/mol. The molecule has 21 heavy (non-hydrogen) atoms. The molecule has 3 heteroatoms. The van der Waals surface area contributed by atoms with E-state index in [4.69, 9.17) is 0 Å². The second-order valence-electron chi connectivity index (χ2n) is 5.25. The highest BCUT2D eigenvalue weighted by Crippen LogP contribution is 2.17. The summed E-state index contributed by atoms with van der Waals surface area (Å²) in [7, 11) is 0. The fourth-order valence-electron chi connectivity index (χ4n) is 2.44. The second-order valence-corrected chi connectivity index (χ2v) is 5.25. The van der Waals surface area contributed by atoms with Gasteiger partial charge in [-0.05, 0) is 24.6 Å². The first-order valence-corrected chi connectivity index (χ1v) is 7.39. The number of hydrogen-bond acceptors (Lipinski definition) is 2. The summed E-state index contributed by atoms with van der Waals surface area (Å²) < 4.78 is 13.8. The molecule has 0 saturated heterocycles. The van der Waals surface area contributed by atoms with E-state index in [0.29, 0.717) is 18.7 Å². The lowest BCUT2D eigenvalue weighted by molar-refractivity contribution is 0.108. The molecule has 2 aromatic rings. The molecule has 1 atom stereocenters. The van der Waals surface area contributed by atoms with Gasteiger partial charge in [-0.1, -0.05) is 55.5 Å². The van der Waals surface area contributed by atoms with E-state index in [9.17, 15) is 9.50 Å². The van der Waals surface area contributed by atoms with Gasteiger partial charge in [0.25, 0.3) is 0 Å². The lowest BCUT2D eigenvalue weighted by Crippen LogP contribution is -2.29. The van der Waals surface area contributed by atoms with Gasteiger partial charge in [-0.15, -0.1) is 0 Å². The van der Waals surface area contributed by atoms with Gasteiger partial charge in [-0.3, -0.25) is 4.90 Å². The van der Waals surface area contributed by atoms with Crippen molar-refractivity contribution in [3.8, 4) is 0 Å².